The number of pyridine rings is 1. The monoisotopic (exact) mass is 453 g/mol. The summed E-state index contributed by atoms with van der Waals surface area (Å²) in [6.07, 6.45) is 9.76. The van der Waals surface area contributed by atoms with Gasteiger partial charge in [-0.2, -0.15) is 0 Å². The molecule has 2 fully saturated rings. The molecule has 1 saturated heterocycles. The van der Waals surface area contributed by atoms with E-state index in [-0.39, 0.29) is 24.0 Å². The van der Waals surface area contributed by atoms with Gasteiger partial charge in [-0.05, 0) is 49.3 Å². The second-order valence-corrected chi connectivity index (χ2v) is 7.31. The lowest BCUT2D eigenvalue weighted by molar-refractivity contribution is 0.299. The Kier molecular flexibility index (Phi) is 5.86. The molecular formula is C19H28IN5. The fraction of sp³-hybridized carbons (Fsp3) is 0.579. The van der Waals surface area contributed by atoms with Crippen molar-refractivity contribution in [1.29, 1.82) is 0 Å². The van der Waals surface area contributed by atoms with Crippen LogP contribution in [0, 0.1) is 18.8 Å². The number of aromatic nitrogens is 2. The standard InChI is InChI=1S/C19H27N5.HI/c1-14-7-8-23-13-17(22-18(23)9-14)10-21-19(20-2)24-11-15-5-3-4-6-16(15)12-24;/h7-9,13,15-16H,3-6,10-12H2,1-2H3,(H,20,21);1H. The molecule has 2 aromatic rings. The van der Waals surface area contributed by atoms with Crippen LogP contribution in [0.15, 0.2) is 29.5 Å². The molecule has 2 aromatic heterocycles. The normalized spacial score (nSPS) is 23.4. The maximum atomic E-state index is 4.71. The zero-order chi connectivity index (χ0) is 16.5. The molecule has 4 rings (SSSR count). The third-order valence-corrected chi connectivity index (χ3v) is 5.58. The number of aryl methyl sites for hydroxylation is 1. The summed E-state index contributed by atoms with van der Waals surface area (Å²) in [5.74, 6) is 2.77. The summed E-state index contributed by atoms with van der Waals surface area (Å²) in [6, 6.07) is 4.22. The summed E-state index contributed by atoms with van der Waals surface area (Å²) in [7, 11) is 1.89. The topological polar surface area (TPSA) is 44.9 Å². The molecule has 136 valence electrons. The predicted molar refractivity (Wildman–Crippen MR) is 113 cm³/mol. The predicted octanol–water partition coefficient (Wildman–Crippen LogP) is 3.46. The van der Waals surface area contributed by atoms with E-state index in [9.17, 15) is 0 Å². The van der Waals surface area contributed by atoms with Gasteiger partial charge in [-0.1, -0.05) is 12.8 Å². The fourth-order valence-corrected chi connectivity index (χ4v) is 4.30. The van der Waals surface area contributed by atoms with E-state index in [0.29, 0.717) is 0 Å². The minimum Gasteiger partial charge on any atom is -0.351 e. The van der Waals surface area contributed by atoms with Crippen molar-refractivity contribution < 1.29 is 0 Å². The van der Waals surface area contributed by atoms with E-state index >= 15 is 0 Å². The van der Waals surface area contributed by atoms with Crippen molar-refractivity contribution in [3.8, 4) is 0 Å². The van der Waals surface area contributed by atoms with Crippen molar-refractivity contribution in [2.45, 2.75) is 39.2 Å². The first-order valence-electron chi connectivity index (χ1n) is 9.13. The molecule has 1 aliphatic heterocycles. The molecular weight excluding hydrogens is 425 g/mol. The van der Waals surface area contributed by atoms with Gasteiger partial charge in [-0.25, -0.2) is 4.98 Å². The SMILES string of the molecule is CN=C(NCc1cn2ccc(C)cc2n1)N1CC2CCCCC2C1.I. The first kappa shape index (κ1) is 18.5. The molecule has 0 radical (unpaired) electrons. The lowest BCUT2D eigenvalue weighted by Gasteiger charge is -2.22. The van der Waals surface area contributed by atoms with Crippen LogP contribution in [0.1, 0.15) is 36.9 Å². The van der Waals surface area contributed by atoms with Gasteiger partial charge in [-0.3, -0.25) is 4.99 Å². The first-order valence-corrected chi connectivity index (χ1v) is 9.13. The Hall–Kier alpha value is -1.31. The highest BCUT2D eigenvalue weighted by Crippen LogP contribution is 2.35. The molecule has 3 heterocycles. The second kappa shape index (κ2) is 7.93. The van der Waals surface area contributed by atoms with E-state index in [2.05, 4.69) is 51.1 Å². The maximum Gasteiger partial charge on any atom is 0.193 e. The van der Waals surface area contributed by atoms with Gasteiger partial charge in [0.25, 0.3) is 0 Å². The first-order chi connectivity index (χ1) is 11.7. The molecule has 1 aliphatic carbocycles. The summed E-state index contributed by atoms with van der Waals surface area (Å²) >= 11 is 0. The van der Waals surface area contributed by atoms with Crippen molar-refractivity contribution >= 4 is 35.6 Å². The number of hydrogen-bond acceptors (Lipinski definition) is 2. The number of halogens is 1. The molecule has 2 aliphatic rings. The number of rotatable bonds is 2. The second-order valence-electron chi connectivity index (χ2n) is 7.31. The average Bonchev–Trinajstić information content (AvgIpc) is 3.18. The minimum atomic E-state index is 0. The number of fused-ring (bicyclic) bond motifs is 2. The molecule has 0 aromatic carbocycles. The summed E-state index contributed by atoms with van der Waals surface area (Å²) in [5, 5.41) is 3.51. The lowest BCUT2D eigenvalue weighted by Crippen LogP contribution is -2.39. The van der Waals surface area contributed by atoms with Gasteiger partial charge in [-0.15, -0.1) is 24.0 Å². The van der Waals surface area contributed by atoms with Crippen LogP contribution >= 0.6 is 24.0 Å². The van der Waals surface area contributed by atoms with Gasteiger partial charge in [0.15, 0.2) is 5.96 Å². The Bertz CT molecular complexity index is 739. The van der Waals surface area contributed by atoms with E-state index in [1.54, 1.807) is 0 Å². The zero-order valence-corrected chi connectivity index (χ0v) is 17.4. The van der Waals surface area contributed by atoms with Crippen molar-refractivity contribution in [3.63, 3.8) is 0 Å². The van der Waals surface area contributed by atoms with Crippen molar-refractivity contribution in [2.24, 2.45) is 16.8 Å². The van der Waals surface area contributed by atoms with Crippen molar-refractivity contribution in [2.75, 3.05) is 20.1 Å². The van der Waals surface area contributed by atoms with Crippen LogP contribution in [0.2, 0.25) is 0 Å². The van der Waals surface area contributed by atoms with Crippen molar-refractivity contribution in [1.82, 2.24) is 19.6 Å². The third-order valence-electron chi connectivity index (χ3n) is 5.58. The van der Waals surface area contributed by atoms with Gasteiger partial charge in [0.1, 0.15) is 5.65 Å². The smallest absolute Gasteiger partial charge is 0.193 e. The number of aliphatic imine (C=N–C) groups is 1. The lowest BCUT2D eigenvalue weighted by atomic mass is 9.82. The van der Waals surface area contributed by atoms with E-state index in [4.69, 9.17) is 4.98 Å². The Morgan fingerprint density at radius 3 is 2.68 bits per heavy atom. The van der Waals surface area contributed by atoms with Gasteiger partial charge < -0.3 is 14.6 Å². The van der Waals surface area contributed by atoms with Crippen LogP contribution in [0.25, 0.3) is 5.65 Å². The quantitative estimate of drug-likeness (QED) is 0.431. The highest BCUT2D eigenvalue weighted by atomic mass is 127. The highest BCUT2D eigenvalue weighted by Gasteiger charge is 2.35. The van der Waals surface area contributed by atoms with Crippen LogP contribution < -0.4 is 5.32 Å². The molecule has 25 heavy (non-hydrogen) atoms. The Morgan fingerprint density at radius 2 is 2.00 bits per heavy atom. The highest BCUT2D eigenvalue weighted by molar-refractivity contribution is 14.0. The molecule has 0 spiro atoms. The Morgan fingerprint density at radius 1 is 1.28 bits per heavy atom. The van der Waals surface area contributed by atoms with Crippen LogP contribution in [-0.4, -0.2) is 40.4 Å². The Balaban J connectivity index is 0.00000182. The van der Waals surface area contributed by atoms with Crippen LogP contribution in [0.4, 0.5) is 0 Å². The molecule has 2 unspecified atom stereocenters. The maximum absolute atomic E-state index is 4.71. The summed E-state index contributed by atoms with van der Waals surface area (Å²) in [6.45, 7) is 5.14. The van der Waals surface area contributed by atoms with Crippen LogP contribution in [0.5, 0.6) is 0 Å². The van der Waals surface area contributed by atoms with E-state index in [0.717, 1.165) is 48.8 Å². The summed E-state index contributed by atoms with van der Waals surface area (Å²) in [5.41, 5.74) is 3.30. The van der Waals surface area contributed by atoms with Crippen molar-refractivity contribution in [3.05, 3.63) is 35.8 Å². The Labute approximate surface area is 166 Å². The van der Waals surface area contributed by atoms with Crippen LogP contribution in [0.3, 0.4) is 0 Å². The molecule has 0 bridgehead atoms. The molecule has 6 heteroatoms. The van der Waals surface area contributed by atoms with Gasteiger partial charge in [0.05, 0.1) is 12.2 Å². The van der Waals surface area contributed by atoms with E-state index < -0.39 is 0 Å². The summed E-state index contributed by atoms with van der Waals surface area (Å²) < 4.78 is 2.08. The molecule has 2 atom stereocenters. The average molecular weight is 453 g/mol. The molecule has 5 nitrogen and oxygen atoms in total. The van der Waals surface area contributed by atoms with Gasteiger partial charge in [0.2, 0.25) is 0 Å². The van der Waals surface area contributed by atoms with Crippen LogP contribution in [-0.2, 0) is 6.54 Å². The molecule has 1 N–H and O–H groups in total. The molecule has 1 saturated carbocycles. The largest absolute Gasteiger partial charge is 0.351 e. The third kappa shape index (κ3) is 3.93. The number of hydrogen-bond donors (Lipinski definition) is 1. The van der Waals surface area contributed by atoms with E-state index in [1.807, 2.05) is 7.05 Å². The number of nitrogens with zero attached hydrogens (tertiary/aromatic N) is 4. The fourth-order valence-electron chi connectivity index (χ4n) is 4.30. The zero-order valence-electron chi connectivity index (χ0n) is 15.1. The number of nitrogens with one attached hydrogen (secondary N) is 1. The van der Waals surface area contributed by atoms with E-state index in [1.165, 1.54) is 31.2 Å². The summed E-state index contributed by atoms with van der Waals surface area (Å²) in [4.78, 5) is 11.7. The number of likely N-dealkylation sites (tertiary alicyclic amines) is 1. The number of imidazole rings is 1. The number of guanidine groups is 1. The van der Waals surface area contributed by atoms with Gasteiger partial charge in [0, 0.05) is 32.5 Å². The van der Waals surface area contributed by atoms with Gasteiger partial charge >= 0.3 is 0 Å². The minimum absolute atomic E-state index is 0. The molecule has 0 amide bonds.